The van der Waals surface area contributed by atoms with Crippen molar-refractivity contribution >= 4 is 12.1 Å². The Balaban J connectivity index is 4.23. The van der Waals surface area contributed by atoms with Crippen LogP contribution in [-0.2, 0) is 14.3 Å². The SMILES string of the molecule is COC(=O)[C@H](CNC(=O)OC(C)(C)C)N(C)C. The van der Waals surface area contributed by atoms with Crippen molar-refractivity contribution in [2.24, 2.45) is 0 Å². The third kappa shape index (κ3) is 6.78. The number of likely N-dealkylation sites (N-methyl/N-ethyl adjacent to an activating group) is 1. The number of methoxy groups -OCH3 is 1. The van der Waals surface area contributed by atoms with E-state index in [-0.39, 0.29) is 6.54 Å². The Morgan fingerprint density at radius 2 is 1.82 bits per heavy atom. The molecule has 0 saturated heterocycles. The standard InChI is InChI=1S/C11H22N2O4/c1-11(2,3)17-10(15)12-7-8(13(4)5)9(14)16-6/h8H,7H2,1-6H3,(H,12,15)/t8-/m0/s1. The maximum absolute atomic E-state index is 11.4. The number of ether oxygens (including phenoxy) is 2. The molecule has 0 aromatic carbocycles. The van der Waals surface area contributed by atoms with Crippen LogP contribution in [0.1, 0.15) is 20.8 Å². The van der Waals surface area contributed by atoms with Gasteiger partial charge in [-0.05, 0) is 34.9 Å². The van der Waals surface area contributed by atoms with Crippen LogP contribution < -0.4 is 5.32 Å². The highest BCUT2D eigenvalue weighted by atomic mass is 16.6. The molecule has 1 amide bonds. The summed E-state index contributed by atoms with van der Waals surface area (Å²) in [6, 6.07) is -0.521. The van der Waals surface area contributed by atoms with E-state index in [0.717, 1.165) is 0 Å². The fraction of sp³-hybridized carbons (Fsp3) is 0.818. The molecule has 17 heavy (non-hydrogen) atoms. The lowest BCUT2D eigenvalue weighted by molar-refractivity contribution is -0.145. The molecule has 0 aliphatic heterocycles. The summed E-state index contributed by atoms with van der Waals surface area (Å²) >= 11 is 0. The lowest BCUT2D eigenvalue weighted by atomic mass is 10.2. The third-order valence-electron chi connectivity index (χ3n) is 1.94. The van der Waals surface area contributed by atoms with Gasteiger partial charge in [-0.25, -0.2) is 4.79 Å². The van der Waals surface area contributed by atoms with Crippen molar-refractivity contribution in [2.75, 3.05) is 27.7 Å². The predicted octanol–water partition coefficient (Wildman–Crippen LogP) is 0.614. The van der Waals surface area contributed by atoms with Crippen LogP contribution in [0.15, 0.2) is 0 Å². The summed E-state index contributed by atoms with van der Waals surface area (Å²) in [4.78, 5) is 24.5. The first-order valence-electron chi connectivity index (χ1n) is 5.38. The van der Waals surface area contributed by atoms with Gasteiger partial charge >= 0.3 is 12.1 Å². The summed E-state index contributed by atoms with van der Waals surface area (Å²) in [5.41, 5.74) is -0.553. The second-order valence-electron chi connectivity index (χ2n) is 4.89. The van der Waals surface area contributed by atoms with Crippen LogP contribution in [0.3, 0.4) is 0 Å². The number of amides is 1. The van der Waals surface area contributed by atoms with E-state index >= 15 is 0 Å². The summed E-state index contributed by atoms with van der Waals surface area (Å²) in [5, 5.41) is 2.53. The maximum atomic E-state index is 11.4. The molecule has 0 fully saturated rings. The molecule has 1 N–H and O–H groups in total. The van der Waals surface area contributed by atoms with E-state index in [1.807, 2.05) is 0 Å². The molecule has 0 aliphatic rings. The average molecular weight is 246 g/mol. The number of nitrogens with zero attached hydrogens (tertiary/aromatic N) is 1. The number of alkyl carbamates (subject to hydrolysis) is 1. The Morgan fingerprint density at radius 1 is 1.29 bits per heavy atom. The van der Waals surface area contributed by atoms with Gasteiger partial charge in [0.15, 0.2) is 0 Å². The van der Waals surface area contributed by atoms with Crippen LogP contribution in [0.4, 0.5) is 4.79 Å². The second-order valence-corrected chi connectivity index (χ2v) is 4.89. The minimum absolute atomic E-state index is 0.147. The molecule has 0 spiro atoms. The lowest BCUT2D eigenvalue weighted by Gasteiger charge is -2.24. The summed E-state index contributed by atoms with van der Waals surface area (Å²) in [7, 11) is 4.78. The highest BCUT2D eigenvalue weighted by Crippen LogP contribution is 2.06. The van der Waals surface area contributed by atoms with E-state index in [9.17, 15) is 9.59 Å². The number of hydrogen-bond donors (Lipinski definition) is 1. The molecule has 0 aromatic rings. The molecule has 0 unspecified atom stereocenters. The fourth-order valence-electron chi connectivity index (χ4n) is 1.11. The Bertz CT molecular complexity index is 271. The topological polar surface area (TPSA) is 67.9 Å². The molecule has 0 heterocycles. The first-order valence-corrected chi connectivity index (χ1v) is 5.38. The van der Waals surface area contributed by atoms with Gasteiger partial charge in [0.2, 0.25) is 0 Å². The Morgan fingerprint density at radius 3 is 2.18 bits per heavy atom. The monoisotopic (exact) mass is 246 g/mol. The molecule has 100 valence electrons. The molecule has 6 nitrogen and oxygen atoms in total. The van der Waals surface area contributed by atoms with E-state index in [1.165, 1.54) is 7.11 Å². The Kier molecular flexibility index (Phi) is 5.95. The van der Waals surface area contributed by atoms with Crippen molar-refractivity contribution < 1.29 is 19.1 Å². The summed E-state index contributed by atoms with van der Waals surface area (Å²) in [6.45, 7) is 5.47. The first kappa shape index (κ1) is 15.7. The van der Waals surface area contributed by atoms with Gasteiger partial charge in [0.25, 0.3) is 0 Å². The molecular weight excluding hydrogens is 224 g/mol. The van der Waals surface area contributed by atoms with Gasteiger partial charge < -0.3 is 14.8 Å². The summed E-state index contributed by atoms with van der Waals surface area (Å²) in [5.74, 6) is -0.397. The Hall–Kier alpha value is -1.30. The largest absolute Gasteiger partial charge is 0.468 e. The molecule has 0 saturated carbocycles. The van der Waals surface area contributed by atoms with Crippen LogP contribution in [0.25, 0.3) is 0 Å². The van der Waals surface area contributed by atoms with Gasteiger partial charge in [-0.1, -0.05) is 0 Å². The van der Waals surface area contributed by atoms with Gasteiger partial charge in [-0.2, -0.15) is 0 Å². The molecule has 1 atom stereocenters. The fourth-order valence-corrected chi connectivity index (χ4v) is 1.11. The zero-order valence-electron chi connectivity index (χ0n) is 11.4. The quantitative estimate of drug-likeness (QED) is 0.736. The van der Waals surface area contributed by atoms with E-state index < -0.39 is 23.7 Å². The Labute approximate surface area is 102 Å². The molecule has 0 radical (unpaired) electrons. The highest BCUT2D eigenvalue weighted by Gasteiger charge is 2.23. The van der Waals surface area contributed by atoms with E-state index in [1.54, 1.807) is 39.8 Å². The number of esters is 1. The van der Waals surface area contributed by atoms with E-state index in [4.69, 9.17) is 4.74 Å². The molecule has 0 aromatic heterocycles. The predicted molar refractivity (Wildman–Crippen MR) is 63.7 cm³/mol. The number of carbonyl (C=O) groups excluding carboxylic acids is 2. The molecule has 0 aliphatic carbocycles. The van der Waals surface area contributed by atoms with Crippen molar-refractivity contribution in [3.63, 3.8) is 0 Å². The van der Waals surface area contributed by atoms with Gasteiger partial charge in [0, 0.05) is 6.54 Å². The van der Waals surface area contributed by atoms with Crippen molar-refractivity contribution in [1.29, 1.82) is 0 Å². The molecule has 6 heteroatoms. The minimum atomic E-state index is -0.553. The molecule has 0 bridgehead atoms. The number of nitrogens with one attached hydrogen (secondary N) is 1. The van der Waals surface area contributed by atoms with Gasteiger partial charge in [0.1, 0.15) is 11.6 Å². The van der Waals surface area contributed by atoms with Crippen LogP contribution in [0, 0.1) is 0 Å². The van der Waals surface area contributed by atoms with Crippen molar-refractivity contribution in [1.82, 2.24) is 10.2 Å². The zero-order chi connectivity index (χ0) is 13.6. The van der Waals surface area contributed by atoms with E-state index in [0.29, 0.717) is 0 Å². The van der Waals surface area contributed by atoms with Crippen molar-refractivity contribution in [2.45, 2.75) is 32.4 Å². The molecule has 0 rings (SSSR count). The van der Waals surface area contributed by atoms with Crippen molar-refractivity contribution in [3.8, 4) is 0 Å². The number of carbonyl (C=O) groups is 2. The first-order chi connectivity index (χ1) is 7.67. The molecular formula is C11H22N2O4. The summed E-state index contributed by atoms with van der Waals surface area (Å²) in [6.07, 6.45) is -0.548. The van der Waals surface area contributed by atoms with Gasteiger partial charge in [0.05, 0.1) is 7.11 Å². The summed E-state index contributed by atoms with van der Waals surface area (Å²) < 4.78 is 9.69. The van der Waals surface area contributed by atoms with Gasteiger partial charge in [-0.3, -0.25) is 9.69 Å². The highest BCUT2D eigenvalue weighted by molar-refractivity contribution is 5.77. The van der Waals surface area contributed by atoms with E-state index in [2.05, 4.69) is 10.1 Å². The minimum Gasteiger partial charge on any atom is -0.468 e. The zero-order valence-corrected chi connectivity index (χ0v) is 11.4. The maximum Gasteiger partial charge on any atom is 0.407 e. The smallest absolute Gasteiger partial charge is 0.407 e. The van der Waals surface area contributed by atoms with Crippen LogP contribution >= 0.6 is 0 Å². The van der Waals surface area contributed by atoms with Crippen LogP contribution in [0.2, 0.25) is 0 Å². The van der Waals surface area contributed by atoms with Crippen LogP contribution in [-0.4, -0.2) is 56.4 Å². The lowest BCUT2D eigenvalue weighted by Crippen LogP contribution is -2.46. The van der Waals surface area contributed by atoms with Gasteiger partial charge in [-0.15, -0.1) is 0 Å². The second kappa shape index (κ2) is 6.44. The normalized spacial score (nSPS) is 13.1. The third-order valence-corrected chi connectivity index (χ3v) is 1.94. The number of hydrogen-bond acceptors (Lipinski definition) is 5. The number of rotatable bonds is 4. The van der Waals surface area contributed by atoms with Crippen molar-refractivity contribution in [3.05, 3.63) is 0 Å². The average Bonchev–Trinajstić information content (AvgIpc) is 2.14. The van der Waals surface area contributed by atoms with Crippen LogP contribution in [0.5, 0.6) is 0 Å².